The number of ether oxygens (including phenoxy) is 1. The lowest BCUT2D eigenvalue weighted by atomic mass is 9.78. The molecular weight excluding hydrogens is 315 g/mol. The van der Waals surface area contributed by atoms with Gasteiger partial charge in [-0.05, 0) is 46.3 Å². The van der Waals surface area contributed by atoms with Crippen molar-refractivity contribution in [3.8, 4) is 0 Å². The zero-order valence-corrected chi connectivity index (χ0v) is 15.2. The van der Waals surface area contributed by atoms with Crippen LogP contribution >= 0.6 is 11.3 Å². The lowest BCUT2D eigenvalue weighted by Crippen LogP contribution is -2.41. The highest BCUT2D eigenvalue weighted by atomic mass is 32.1. The molecular formula is C15H23BN2O4S. The number of nitrogens with one attached hydrogen (secondary N) is 1. The second-order valence-electron chi connectivity index (χ2n) is 6.40. The fraction of sp³-hybridized carbons (Fsp3) is 0.600. The van der Waals surface area contributed by atoms with Crippen LogP contribution in [0.2, 0.25) is 0 Å². The monoisotopic (exact) mass is 338 g/mol. The van der Waals surface area contributed by atoms with Crippen molar-refractivity contribution in [1.82, 2.24) is 10.3 Å². The third-order valence-electron chi connectivity index (χ3n) is 4.16. The standard InChI is InChI=1S/C15H23BN2O4S/c1-14(2)15(3,4)22-16(21-14)10(8-17-5)7-12-18-11(9-23-12)13(19)20-6/h7,9,17H,8H2,1-6H3. The molecule has 0 aliphatic carbocycles. The van der Waals surface area contributed by atoms with Crippen LogP contribution in [-0.4, -0.2) is 50.0 Å². The van der Waals surface area contributed by atoms with Crippen molar-refractivity contribution < 1.29 is 18.8 Å². The van der Waals surface area contributed by atoms with Crippen LogP contribution in [0, 0.1) is 0 Å². The fourth-order valence-corrected chi connectivity index (χ4v) is 2.86. The minimum Gasteiger partial charge on any atom is -0.464 e. The van der Waals surface area contributed by atoms with Gasteiger partial charge >= 0.3 is 13.1 Å². The molecule has 1 N–H and O–H groups in total. The summed E-state index contributed by atoms with van der Waals surface area (Å²) in [7, 11) is 2.76. The Balaban J connectivity index is 2.25. The highest BCUT2D eigenvalue weighted by Crippen LogP contribution is 2.38. The van der Waals surface area contributed by atoms with Crippen LogP contribution in [0.15, 0.2) is 10.9 Å². The normalized spacial score (nSPS) is 19.9. The molecule has 0 radical (unpaired) electrons. The van der Waals surface area contributed by atoms with E-state index in [1.165, 1.54) is 18.4 Å². The largest absolute Gasteiger partial charge is 0.491 e. The molecule has 1 aliphatic heterocycles. The first-order valence-electron chi connectivity index (χ1n) is 7.44. The maximum Gasteiger partial charge on any atom is 0.491 e. The molecule has 0 atom stereocenters. The molecule has 2 heterocycles. The number of carbonyl (C=O) groups excluding carboxylic acids is 1. The summed E-state index contributed by atoms with van der Waals surface area (Å²) in [6.45, 7) is 8.67. The van der Waals surface area contributed by atoms with E-state index in [0.29, 0.717) is 17.2 Å². The lowest BCUT2D eigenvalue weighted by Gasteiger charge is -2.32. The van der Waals surface area contributed by atoms with E-state index in [4.69, 9.17) is 9.31 Å². The molecule has 0 unspecified atom stereocenters. The minimum absolute atomic E-state index is 0.307. The van der Waals surface area contributed by atoms with Gasteiger partial charge in [-0.2, -0.15) is 0 Å². The summed E-state index contributed by atoms with van der Waals surface area (Å²) in [5, 5.41) is 5.51. The van der Waals surface area contributed by atoms with Gasteiger partial charge in [0.25, 0.3) is 0 Å². The smallest absolute Gasteiger partial charge is 0.464 e. The van der Waals surface area contributed by atoms with Crippen molar-refractivity contribution in [3.05, 3.63) is 21.6 Å². The van der Waals surface area contributed by atoms with E-state index in [2.05, 4.69) is 15.0 Å². The van der Waals surface area contributed by atoms with E-state index in [9.17, 15) is 4.79 Å². The fourth-order valence-electron chi connectivity index (χ4n) is 2.11. The molecule has 0 aromatic carbocycles. The van der Waals surface area contributed by atoms with Crippen LogP contribution in [0.4, 0.5) is 0 Å². The van der Waals surface area contributed by atoms with Gasteiger partial charge in [0, 0.05) is 11.9 Å². The van der Waals surface area contributed by atoms with Crippen LogP contribution in [0.1, 0.15) is 43.2 Å². The molecule has 2 rings (SSSR count). The van der Waals surface area contributed by atoms with E-state index in [0.717, 1.165) is 5.47 Å². The summed E-state index contributed by atoms with van der Waals surface area (Å²) in [6, 6.07) is 0. The number of likely N-dealkylation sites (N-methyl/N-ethyl adjacent to an activating group) is 1. The Labute approximate surface area is 141 Å². The molecule has 1 aliphatic rings. The van der Waals surface area contributed by atoms with Gasteiger partial charge in [0.15, 0.2) is 5.69 Å². The molecule has 6 nitrogen and oxygen atoms in total. The maximum atomic E-state index is 11.5. The van der Waals surface area contributed by atoms with E-state index in [1.54, 1.807) is 5.38 Å². The maximum absolute atomic E-state index is 11.5. The molecule has 0 bridgehead atoms. The Hall–Kier alpha value is -1.22. The lowest BCUT2D eigenvalue weighted by molar-refractivity contribution is 0.00578. The van der Waals surface area contributed by atoms with E-state index in [1.807, 2.05) is 40.8 Å². The van der Waals surface area contributed by atoms with Crippen molar-refractivity contribution in [3.63, 3.8) is 0 Å². The van der Waals surface area contributed by atoms with Crippen LogP contribution < -0.4 is 5.32 Å². The molecule has 1 saturated heterocycles. The summed E-state index contributed by atoms with van der Waals surface area (Å²) < 4.78 is 16.8. The van der Waals surface area contributed by atoms with Crippen molar-refractivity contribution in [2.45, 2.75) is 38.9 Å². The topological polar surface area (TPSA) is 69.7 Å². The van der Waals surface area contributed by atoms with E-state index in [-0.39, 0.29) is 0 Å². The Morgan fingerprint density at radius 3 is 2.52 bits per heavy atom. The van der Waals surface area contributed by atoms with Gasteiger partial charge in [-0.1, -0.05) is 0 Å². The van der Waals surface area contributed by atoms with Gasteiger partial charge in [-0.25, -0.2) is 9.78 Å². The molecule has 8 heteroatoms. The number of esters is 1. The summed E-state index contributed by atoms with van der Waals surface area (Å²) in [4.78, 5) is 15.8. The number of hydrogen-bond acceptors (Lipinski definition) is 7. The second kappa shape index (κ2) is 6.72. The third kappa shape index (κ3) is 3.83. The molecule has 0 saturated carbocycles. The molecule has 0 amide bonds. The number of rotatable bonds is 5. The number of thiazole rings is 1. The SMILES string of the molecule is CNCC(=Cc1nc(C(=O)OC)cs1)B1OC(C)(C)C(C)(C)O1. The van der Waals surface area contributed by atoms with Crippen LogP contribution in [0.5, 0.6) is 0 Å². The Morgan fingerprint density at radius 1 is 1.39 bits per heavy atom. The molecule has 1 aromatic heterocycles. The van der Waals surface area contributed by atoms with Crippen molar-refractivity contribution >= 4 is 30.5 Å². The first-order chi connectivity index (χ1) is 10.7. The molecule has 23 heavy (non-hydrogen) atoms. The predicted molar refractivity (Wildman–Crippen MR) is 91.4 cm³/mol. The van der Waals surface area contributed by atoms with Crippen molar-refractivity contribution in [1.29, 1.82) is 0 Å². The first-order valence-corrected chi connectivity index (χ1v) is 8.32. The van der Waals surface area contributed by atoms with E-state index < -0.39 is 24.3 Å². The average Bonchev–Trinajstić information content (AvgIpc) is 3.00. The van der Waals surface area contributed by atoms with Gasteiger partial charge in [-0.3, -0.25) is 0 Å². The summed E-state index contributed by atoms with van der Waals surface area (Å²) in [6.07, 6.45) is 1.90. The zero-order valence-electron chi connectivity index (χ0n) is 14.4. The van der Waals surface area contributed by atoms with Gasteiger partial charge in [0.1, 0.15) is 5.01 Å². The minimum atomic E-state index is -0.446. The van der Waals surface area contributed by atoms with Gasteiger partial charge in [0.05, 0.1) is 18.3 Å². The highest BCUT2D eigenvalue weighted by Gasteiger charge is 2.52. The van der Waals surface area contributed by atoms with Crippen molar-refractivity contribution in [2.24, 2.45) is 0 Å². The van der Waals surface area contributed by atoms with E-state index >= 15 is 0 Å². The Bertz CT molecular complexity index is 596. The van der Waals surface area contributed by atoms with Crippen molar-refractivity contribution in [2.75, 3.05) is 20.7 Å². The third-order valence-corrected chi connectivity index (χ3v) is 4.95. The first kappa shape index (κ1) is 18.1. The predicted octanol–water partition coefficient (Wildman–Crippen LogP) is 2.16. The van der Waals surface area contributed by atoms with Gasteiger partial charge in [-0.15, -0.1) is 11.3 Å². The zero-order chi connectivity index (χ0) is 17.3. The van der Waals surface area contributed by atoms with Gasteiger partial charge < -0.3 is 19.4 Å². The van der Waals surface area contributed by atoms with Crippen LogP contribution in [-0.2, 0) is 14.0 Å². The number of nitrogens with zero attached hydrogens (tertiary/aromatic N) is 1. The number of hydrogen-bond donors (Lipinski definition) is 1. The summed E-state index contributed by atoms with van der Waals surface area (Å²) in [5.41, 5.74) is 0.438. The summed E-state index contributed by atoms with van der Waals surface area (Å²) in [5.74, 6) is -0.438. The molecule has 1 aromatic rings. The number of carbonyl (C=O) groups is 1. The molecule has 0 spiro atoms. The van der Waals surface area contributed by atoms with Gasteiger partial charge in [0.2, 0.25) is 0 Å². The number of aromatic nitrogens is 1. The highest BCUT2D eigenvalue weighted by molar-refractivity contribution is 7.10. The van der Waals surface area contributed by atoms with Crippen LogP contribution in [0.3, 0.4) is 0 Å². The second-order valence-corrected chi connectivity index (χ2v) is 7.29. The number of methoxy groups -OCH3 is 1. The van der Waals surface area contributed by atoms with Crippen LogP contribution in [0.25, 0.3) is 6.08 Å². The quantitative estimate of drug-likeness (QED) is 0.655. The Kier molecular flexibility index (Phi) is 5.30. The Morgan fingerprint density at radius 2 is 2.00 bits per heavy atom. The molecule has 1 fully saturated rings. The molecule has 126 valence electrons. The summed E-state index contributed by atoms with van der Waals surface area (Å²) >= 11 is 1.38. The average molecular weight is 338 g/mol.